The third-order valence-electron chi connectivity index (χ3n) is 2.69. The minimum Gasteiger partial charge on any atom is -0.448 e. The van der Waals surface area contributed by atoms with Crippen LogP contribution in [0.3, 0.4) is 0 Å². The summed E-state index contributed by atoms with van der Waals surface area (Å²) in [7, 11) is 0. The number of carbonyl (C=O) groups excluding carboxylic acids is 3. The number of allylic oxidation sites excluding steroid dienone is 1. The molecule has 0 fully saturated rings. The molecular weight excluding hydrogens is 220 g/mol. The molecule has 0 heterocycles. The summed E-state index contributed by atoms with van der Waals surface area (Å²) in [5.41, 5.74) is 1.40. The quantitative estimate of drug-likeness (QED) is 0.445. The van der Waals surface area contributed by atoms with Crippen LogP contribution in [0.25, 0.3) is 0 Å². The van der Waals surface area contributed by atoms with E-state index in [4.69, 9.17) is 0 Å². The van der Waals surface area contributed by atoms with Gasteiger partial charge in [-0.05, 0) is 12.0 Å². The van der Waals surface area contributed by atoms with Gasteiger partial charge in [0.05, 0.1) is 0 Å². The van der Waals surface area contributed by atoms with E-state index in [1.165, 1.54) is 0 Å². The zero-order chi connectivity index (χ0) is 12.4. The summed E-state index contributed by atoms with van der Waals surface area (Å²) >= 11 is 0. The van der Waals surface area contributed by atoms with Crippen molar-refractivity contribution in [2.24, 2.45) is 0 Å². The first-order valence-electron chi connectivity index (χ1n) is 5.11. The summed E-state index contributed by atoms with van der Waals surface area (Å²) < 4.78 is 4.54. The second-order valence-electron chi connectivity index (χ2n) is 3.67. The van der Waals surface area contributed by atoms with Gasteiger partial charge in [0.15, 0.2) is 0 Å². The van der Waals surface area contributed by atoms with Gasteiger partial charge in [-0.15, -0.1) is 6.58 Å². The third-order valence-corrected chi connectivity index (χ3v) is 2.69. The molecule has 0 aromatic heterocycles. The Morgan fingerprint density at radius 2 is 2.06 bits per heavy atom. The van der Waals surface area contributed by atoms with Gasteiger partial charge in [0.2, 0.25) is 17.7 Å². The van der Waals surface area contributed by atoms with E-state index in [9.17, 15) is 14.4 Å². The molecule has 4 nitrogen and oxygen atoms in total. The zero-order valence-corrected chi connectivity index (χ0v) is 9.01. The highest BCUT2D eigenvalue weighted by Crippen LogP contribution is 2.27. The molecule has 1 atom stereocenters. The lowest BCUT2D eigenvalue weighted by Crippen LogP contribution is -2.25. The van der Waals surface area contributed by atoms with Crippen molar-refractivity contribution in [1.29, 1.82) is 0 Å². The van der Waals surface area contributed by atoms with E-state index in [2.05, 4.69) is 11.3 Å². The highest BCUT2D eigenvalue weighted by atomic mass is 16.5. The molecule has 4 heteroatoms. The third kappa shape index (κ3) is 1.67. The van der Waals surface area contributed by atoms with Crippen LogP contribution in [0.4, 0.5) is 0 Å². The van der Waals surface area contributed by atoms with Crippen LogP contribution in [0.1, 0.15) is 26.3 Å². The molecule has 0 amide bonds. The largest absolute Gasteiger partial charge is 0.448 e. The fourth-order valence-electron chi connectivity index (χ4n) is 1.99. The first-order chi connectivity index (χ1) is 8.20. The molecule has 2 rings (SSSR count). The van der Waals surface area contributed by atoms with E-state index >= 15 is 0 Å². The number of ether oxygens (including phenoxy) is 1. The zero-order valence-electron chi connectivity index (χ0n) is 9.01. The number of Topliss-reactive ketones (excluding diaryl/α,β-unsaturated/α-hetero) is 2. The van der Waals surface area contributed by atoms with Crippen molar-refractivity contribution in [1.82, 2.24) is 0 Å². The first kappa shape index (κ1) is 11.3. The molecule has 0 radical (unpaired) electrons. The maximum absolute atomic E-state index is 12.0. The van der Waals surface area contributed by atoms with Gasteiger partial charge in [0, 0.05) is 11.1 Å². The fourth-order valence-corrected chi connectivity index (χ4v) is 1.99. The van der Waals surface area contributed by atoms with Gasteiger partial charge in [-0.2, -0.15) is 0 Å². The second kappa shape index (κ2) is 4.33. The number of carbonyl (C=O) groups is 3. The number of rotatable bonds is 4. The Labute approximate surface area is 97.9 Å². The van der Waals surface area contributed by atoms with E-state index < -0.39 is 17.7 Å². The number of hydrogen-bond donors (Lipinski definition) is 0. The van der Waals surface area contributed by atoms with Gasteiger partial charge < -0.3 is 4.74 Å². The standard InChI is InChI=1S/C13H10O4/c1-2-4-8-5-3-6-9-10(8)12(16)13(11(9)15)17-7-14/h2-3,5-7,13H,1,4H2. The number of benzene rings is 1. The Morgan fingerprint density at radius 3 is 2.71 bits per heavy atom. The smallest absolute Gasteiger partial charge is 0.294 e. The summed E-state index contributed by atoms with van der Waals surface area (Å²) in [5.74, 6) is -0.905. The summed E-state index contributed by atoms with van der Waals surface area (Å²) in [6.45, 7) is 3.72. The van der Waals surface area contributed by atoms with Crippen LogP contribution in [0.2, 0.25) is 0 Å². The normalized spacial score (nSPS) is 17.8. The predicted molar refractivity (Wildman–Crippen MR) is 59.9 cm³/mol. The molecule has 1 aliphatic carbocycles. The van der Waals surface area contributed by atoms with Crippen LogP contribution in [0.5, 0.6) is 0 Å². The Hall–Kier alpha value is -2.23. The van der Waals surface area contributed by atoms with Crippen molar-refractivity contribution in [3.05, 3.63) is 47.5 Å². The maximum atomic E-state index is 12.0. The lowest BCUT2D eigenvalue weighted by atomic mass is 10.0. The lowest BCUT2D eigenvalue weighted by Gasteiger charge is -2.04. The van der Waals surface area contributed by atoms with Gasteiger partial charge in [0.25, 0.3) is 6.47 Å². The molecule has 1 aliphatic rings. The van der Waals surface area contributed by atoms with Crippen LogP contribution in [-0.2, 0) is 16.0 Å². The average Bonchev–Trinajstić information content (AvgIpc) is 2.56. The minimum absolute atomic E-state index is 0.125. The average molecular weight is 230 g/mol. The molecule has 86 valence electrons. The van der Waals surface area contributed by atoms with Crippen molar-refractivity contribution < 1.29 is 19.1 Å². The minimum atomic E-state index is -1.31. The Balaban J connectivity index is 2.52. The van der Waals surface area contributed by atoms with Crippen molar-refractivity contribution >= 4 is 18.0 Å². The molecule has 0 spiro atoms. The van der Waals surface area contributed by atoms with Gasteiger partial charge in [-0.25, -0.2) is 0 Å². The van der Waals surface area contributed by atoms with Crippen molar-refractivity contribution in [3.8, 4) is 0 Å². The van der Waals surface area contributed by atoms with Gasteiger partial charge in [-0.1, -0.05) is 24.3 Å². The van der Waals surface area contributed by atoms with E-state index in [1.54, 1.807) is 24.3 Å². The van der Waals surface area contributed by atoms with Crippen LogP contribution < -0.4 is 0 Å². The number of fused-ring (bicyclic) bond motifs is 1. The van der Waals surface area contributed by atoms with E-state index in [1.807, 2.05) is 0 Å². The van der Waals surface area contributed by atoms with Gasteiger partial charge in [0.1, 0.15) is 0 Å². The van der Waals surface area contributed by atoms with Crippen molar-refractivity contribution in [2.45, 2.75) is 12.5 Å². The number of ketones is 2. The van der Waals surface area contributed by atoms with Crippen LogP contribution in [0.15, 0.2) is 30.9 Å². The Kier molecular flexibility index (Phi) is 2.87. The molecule has 17 heavy (non-hydrogen) atoms. The summed E-state index contributed by atoms with van der Waals surface area (Å²) in [6.07, 6.45) is 0.838. The van der Waals surface area contributed by atoms with E-state index in [-0.39, 0.29) is 6.47 Å². The molecule has 0 saturated heterocycles. The molecule has 0 bridgehead atoms. The highest BCUT2D eigenvalue weighted by molar-refractivity contribution is 6.29. The Bertz CT molecular complexity index is 516. The first-order valence-corrected chi connectivity index (χ1v) is 5.11. The Morgan fingerprint density at radius 1 is 1.29 bits per heavy atom. The maximum Gasteiger partial charge on any atom is 0.294 e. The summed E-state index contributed by atoms with van der Waals surface area (Å²) in [6, 6.07) is 5.03. The predicted octanol–water partition coefficient (Wildman–Crippen LogP) is 1.34. The number of hydrogen-bond acceptors (Lipinski definition) is 4. The van der Waals surface area contributed by atoms with Gasteiger partial charge in [-0.3, -0.25) is 14.4 Å². The monoisotopic (exact) mass is 230 g/mol. The lowest BCUT2D eigenvalue weighted by molar-refractivity contribution is -0.130. The molecular formula is C13H10O4. The molecule has 1 aromatic carbocycles. The second-order valence-corrected chi connectivity index (χ2v) is 3.67. The van der Waals surface area contributed by atoms with E-state index in [0.29, 0.717) is 17.5 Å². The van der Waals surface area contributed by atoms with Crippen LogP contribution in [-0.4, -0.2) is 24.1 Å². The molecule has 0 aliphatic heterocycles. The highest BCUT2D eigenvalue weighted by Gasteiger charge is 2.41. The van der Waals surface area contributed by atoms with Crippen molar-refractivity contribution in [3.63, 3.8) is 0 Å². The topological polar surface area (TPSA) is 60.4 Å². The molecule has 1 unspecified atom stereocenters. The molecule has 0 saturated carbocycles. The fraction of sp³-hybridized carbons (Fsp3) is 0.154. The summed E-state index contributed by atoms with van der Waals surface area (Å²) in [4.78, 5) is 34.0. The SMILES string of the molecule is C=CCc1cccc2c1C(=O)C(OC=O)C2=O. The molecule has 0 N–H and O–H groups in total. The van der Waals surface area contributed by atoms with Crippen LogP contribution >= 0.6 is 0 Å². The van der Waals surface area contributed by atoms with Crippen molar-refractivity contribution in [2.75, 3.05) is 0 Å². The van der Waals surface area contributed by atoms with Gasteiger partial charge >= 0.3 is 0 Å². The van der Waals surface area contributed by atoms with Crippen LogP contribution in [0, 0.1) is 0 Å². The summed E-state index contributed by atoms with van der Waals surface area (Å²) in [5, 5.41) is 0. The molecule has 1 aromatic rings. The van der Waals surface area contributed by atoms with E-state index in [0.717, 1.165) is 5.56 Å².